The molecule has 0 aliphatic carbocycles. The first-order chi connectivity index (χ1) is 7.67. The Morgan fingerprint density at radius 1 is 1.69 bits per heavy atom. The number of anilines is 1. The van der Waals surface area contributed by atoms with Crippen LogP contribution in [0.5, 0.6) is 0 Å². The highest BCUT2D eigenvalue weighted by Crippen LogP contribution is 2.15. The molecule has 0 bridgehead atoms. The predicted octanol–water partition coefficient (Wildman–Crippen LogP) is -0.453. The average Bonchev–Trinajstić information content (AvgIpc) is 2.72. The minimum absolute atomic E-state index is 0.0348. The molecule has 8 nitrogen and oxygen atoms in total. The molecule has 84 valence electrons. The molecule has 2 aromatic heterocycles. The number of carbonyl (C=O) groups excluding carboxylic acids is 1. The van der Waals surface area contributed by atoms with Gasteiger partial charge < -0.3 is 5.73 Å². The molecule has 4 N–H and O–H groups in total. The van der Waals surface area contributed by atoms with Crippen LogP contribution in [0.25, 0.3) is 5.78 Å². The van der Waals surface area contributed by atoms with E-state index in [-0.39, 0.29) is 11.4 Å². The van der Waals surface area contributed by atoms with Crippen LogP contribution in [0.2, 0.25) is 0 Å². The molecule has 1 amide bonds. The monoisotopic (exact) mass is 240 g/mol. The van der Waals surface area contributed by atoms with Crippen molar-refractivity contribution in [2.24, 2.45) is 0 Å². The van der Waals surface area contributed by atoms with Gasteiger partial charge in [-0.2, -0.15) is 9.50 Å². The highest BCUT2D eigenvalue weighted by molar-refractivity contribution is 7.98. The lowest BCUT2D eigenvalue weighted by Crippen LogP contribution is -2.21. The van der Waals surface area contributed by atoms with Crippen molar-refractivity contribution in [1.29, 1.82) is 0 Å². The zero-order chi connectivity index (χ0) is 11.7. The van der Waals surface area contributed by atoms with E-state index in [1.165, 1.54) is 28.0 Å². The molecule has 16 heavy (non-hydrogen) atoms. The minimum Gasteiger partial charge on any atom is -0.383 e. The highest BCUT2D eigenvalue weighted by Gasteiger charge is 2.15. The quantitative estimate of drug-likeness (QED) is 0.369. The van der Waals surface area contributed by atoms with E-state index in [0.29, 0.717) is 10.9 Å². The largest absolute Gasteiger partial charge is 0.383 e. The van der Waals surface area contributed by atoms with Crippen molar-refractivity contribution in [2.45, 2.75) is 5.16 Å². The van der Waals surface area contributed by atoms with Gasteiger partial charge in [-0.15, -0.1) is 5.10 Å². The van der Waals surface area contributed by atoms with E-state index in [4.69, 9.17) is 10.9 Å². The molecule has 0 unspecified atom stereocenters. The molecule has 0 fully saturated rings. The number of carbonyl (C=O) groups is 1. The molecule has 0 aromatic carbocycles. The van der Waals surface area contributed by atoms with Gasteiger partial charge in [0, 0.05) is 6.20 Å². The zero-order valence-electron chi connectivity index (χ0n) is 8.21. The number of hydrogen-bond acceptors (Lipinski definition) is 7. The Morgan fingerprint density at radius 3 is 3.06 bits per heavy atom. The Hall–Kier alpha value is -1.87. The first kappa shape index (κ1) is 10.6. The van der Waals surface area contributed by atoms with Crippen LogP contribution < -0.4 is 11.2 Å². The minimum atomic E-state index is -0.742. The summed E-state index contributed by atoms with van der Waals surface area (Å²) < 4.78 is 1.25. The van der Waals surface area contributed by atoms with Crippen LogP contribution in [0.3, 0.4) is 0 Å². The van der Waals surface area contributed by atoms with Crippen molar-refractivity contribution in [3.05, 3.63) is 11.8 Å². The number of hydroxylamine groups is 1. The lowest BCUT2D eigenvalue weighted by atomic mass is 10.3. The van der Waals surface area contributed by atoms with Crippen LogP contribution in [-0.2, 0) is 0 Å². The number of hydrogen-bond donors (Lipinski definition) is 3. The van der Waals surface area contributed by atoms with Crippen LogP contribution in [0, 0.1) is 0 Å². The summed E-state index contributed by atoms with van der Waals surface area (Å²) in [5.41, 5.74) is 7.22. The van der Waals surface area contributed by atoms with E-state index in [0.717, 1.165) is 0 Å². The number of nitrogen functional groups attached to an aromatic ring is 1. The van der Waals surface area contributed by atoms with E-state index in [1.54, 1.807) is 0 Å². The second kappa shape index (κ2) is 3.94. The molecule has 0 aliphatic rings. The van der Waals surface area contributed by atoms with Crippen LogP contribution in [0.15, 0.2) is 11.4 Å². The average molecular weight is 240 g/mol. The van der Waals surface area contributed by atoms with E-state index in [1.807, 2.05) is 6.26 Å². The molecular formula is C7H8N6O2S. The number of nitrogens with one attached hydrogen (secondary N) is 1. The lowest BCUT2D eigenvalue weighted by molar-refractivity contribution is 0.0706. The van der Waals surface area contributed by atoms with E-state index >= 15 is 0 Å². The number of nitrogens with zero attached hydrogens (tertiary/aromatic N) is 4. The number of amides is 1. The lowest BCUT2D eigenvalue weighted by Gasteiger charge is -2.03. The number of fused-ring (bicyclic) bond motifs is 1. The summed E-state index contributed by atoms with van der Waals surface area (Å²) in [4.78, 5) is 19.2. The Labute approximate surface area is 93.8 Å². The molecule has 0 radical (unpaired) electrons. The molecule has 2 heterocycles. The molecular weight excluding hydrogens is 232 g/mol. The molecule has 0 atom stereocenters. The number of aromatic nitrogens is 4. The summed E-state index contributed by atoms with van der Waals surface area (Å²) in [5, 5.41) is 13.0. The summed E-state index contributed by atoms with van der Waals surface area (Å²) in [5.74, 6) is -0.367. The van der Waals surface area contributed by atoms with Gasteiger partial charge in [0.25, 0.3) is 11.7 Å². The van der Waals surface area contributed by atoms with Gasteiger partial charge in [-0.1, -0.05) is 11.8 Å². The number of rotatable bonds is 2. The van der Waals surface area contributed by atoms with Crippen molar-refractivity contribution >= 4 is 29.3 Å². The molecule has 0 spiro atoms. The van der Waals surface area contributed by atoms with Crippen molar-refractivity contribution in [3.8, 4) is 0 Å². The third-order valence-electron chi connectivity index (χ3n) is 1.91. The van der Waals surface area contributed by atoms with Gasteiger partial charge in [0.05, 0.1) is 0 Å². The Morgan fingerprint density at radius 2 is 2.44 bits per heavy atom. The standard InChI is InChI=1S/C7H8N6O2S/c1-16-7-10-6-9-2-3(5(14)12-15)4(8)13(6)11-7/h2,15H,8H2,1H3,(H,12,14). The molecule has 2 rings (SSSR count). The third-order valence-corrected chi connectivity index (χ3v) is 2.45. The maximum atomic E-state index is 11.2. The fraction of sp³-hybridized carbons (Fsp3) is 0.143. The second-order valence-corrected chi connectivity index (χ2v) is 3.58. The highest BCUT2D eigenvalue weighted by atomic mass is 32.2. The van der Waals surface area contributed by atoms with Crippen LogP contribution in [0.1, 0.15) is 10.4 Å². The Bertz CT molecular complexity index is 553. The SMILES string of the molecule is CSc1nc2ncc(C(=O)NO)c(N)n2n1. The predicted molar refractivity (Wildman–Crippen MR) is 56.2 cm³/mol. The Kier molecular flexibility index (Phi) is 2.62. The van der Waals surface area contributed by atoms with Crippen LogP contribution in [-0.4, -0.2) is 37.0 Å². The van der Waals surface area contributed by atoms with Gasteiger partial charge in [0.15, 0.2) is 0 Å². The number of thioether (sulfide) groups is 1. The summed E-state index contributed by atoms with van der Waals surface area (Å²) in [6.07, 6.45) is 3.04. The van der Waals surface area contributed by atoms with Crippen LogP contribution >= 0.6 is 11.8 Å². The van der Waals surface area contributed by atoms with Gasteiger partial charge in [0.1, 0.15) is 11.4 Å². The fourth-order valence-corrected chi connectivity index (χ4v) is 1.49. The molecule has 0 saturated carbocycles. The topological polar surface area (TPSA) is 118 Å². The summed E-state index contributed by atoms with van der Waals surface area (Å²) in [6, 6.07) is 0. The van der Waals surface area contributed by atoms with Gasteiger partial charge in [-0.05, 0) is 6.26 Å². The summed E-state index contributed by atoms with van der Waals surface area (Å²) in [7, 11) is 0. The molecule has 0 aliphatic heterocycles. The summed E-state index contributed by atoms with van der Waals surface area (Å²) >= 11 is 1.33. The maximum Gasteiger partial charge on any atom is 0.279 e. The van der Waals surface area contributed by atoms with Gasteiger partial charge in [-0.3, -0.25) is 10.0 Å². The van der Waals surface area contributed by atoms with Gasteiger partial charge in [-0.25, -0.2) is 10.5 Å². The van der Waals surface area contributed by atoms with E-state index in [2.05, 4.69) is 15.1 Å². The van der Waals surface area contributed by atoms with Crippen LogP contribution in [0.4, 0.5) is 5.82 Å². The van der Waals surface area contributed by atoms with Crippen molar-refractivity contribution in [2.75, 3.05) is 12.0 Å². The Balaban J connectivity index is 2.64. The van der Waals surface area contributed by atoms with Gasteiger partial charge >= 0.3 is 0 Å². The maximum absolute atomic E-state index is 11.2. The second-order valence-electron chi connectivity index (χ2n) is 2.81. The first-order valence-corrected chi connectivity index (χ1v) is 5.39. The third kappa shape index (κ3) is 1.55. The summed E-state index contributed by atoms with van der Waals surface area (Å²) in [6.45, 7) is 0. The molecule has 2 aromatic rings. The first-order valence-electron chi connectivity index (χ1n) is 4.17. The van der Waals surface area contributed by atoms with Crippen molar-refractivity contribution < 1.29 is 10.0 Å². The smallest absolute Gasteiger partial charge is 0.279 e. The van der Waals surface area contributed by atoms with Gasteiger partial charge in [0.2, 0.25) is 5.16 Å². The van der Waals surface area contributed by atoms with E-state index in [9.17, 15) is 4.79 Å². The van der Waals surface area contributed by atoms with E-state index < -0.39 is 5.91 Å². The normalized spacial score (nSPS) is 10.6. The van der Waals surface area contributed by atoms with Crippen molar-refractivity contribution in [1.82, 2.24) is 25.1 Å². The molecule has 9 heteroatoms. The fourth-order valence-electron chi connectivity index (χ4n) is 1.15. The van der Waals surface area contributed by atoms with Crippen molar-refractivity contribution in [3.63, 3.8) is 0 Å². The number of nitrogens with two attached hydrogens (primary N) is 1. The zero-order valence-corrected chi connectivity index (χ0v) is 9.02. The molecule has 0 saturated heterocycles.